The maximum atomic E-state index is 11.6. The van der Waals surface area contributed by atoms with Crippen molar-refractivity contribution in [2.75, 3.05) is 18.9 Å². The van der Waals surface area contributed by atoms with Crippen molar-refractivity contribution in [3.05, 3.63) is 22.4 Å². The summed E-state index contributed by atoms with van der Waals surface area (Å²) in [5.74, 6) is -0.0622. The van der Waals surface area contributed by atoms with Gasteiger partial charge in [0.05, 0.1) is 6.61 Å². The van der Waals surface area contributed by atoms with Crippen LogP contribution in [-0.4, -0.2) is 39.4 Å². The fourth-order valence-electron chi connectivity index (χ4n) is 1.29. The van der Waals surface area contributed by atoms with Gasteiger partial charge in [-0.25, -0.2) is 0 Å². The van der Waals surface area contributed by atoms with Crippen LogP contribution in [0, 0.1) is 0 Å². The lowest BCUT2D eigenvalue weighted by Crippen LogP contribution is -2.37. The van der Waals surface area contributed by atoms with Crippen LogP contribution in [0.2, 0.25) is 0 Å². The van der Waals surface area contributed by atoms with Crippen LogP contribution in [0.25, 0.3) is 0 Å². The third kappa shape index (κ3) is 4.97. The van der Waals surface area contributed by atoms with E-state index >= 15 is 0 Å². The van der Waals surface area contributed by atoms with E-state index in [0.29, 0.717) is 6.54 Å². The van der Waals surface area contributed by atoms with Gasteiger partial charge in [-0.05, 0) is 24.8 Å². The molecule has 4 nitrogen and oxygen atoms in total. The molecule has 0 bridgehead atoms. The predicted molar refractivity (Wildman–Crippen MR) is 70.6 cm³/mol. The zero-order valence-electron chi connectivity index (χ0n) is 9.72. The van der Waals surface area contributed by atoms with Crippen molar-refractivity contribution < 1.29 is 14.1 Å². The molecule has 2 unspecified atom stereocenters. The smallest absolute Gasteiger partial charge is 0.235 e. The molecule has 2 atom stereocenters. The summed E-state index contributed by atoms with van der Waals surface area (Å²) in [6.07, 6.45) is 0.794. The fourth-order valence-corrected chi connectivity index (χ4v) is 2.86. The Bertz CT molecular complexity index is 365. The van der Waals surface area contributed by atoms with Crippen LogP contribution >= 0.6 is 11.3 Å². The van der Waals surface area contributed by atoms with Crippen molar-refractivity contribution in [3.8, 4) is 0 Å². The molecule has 0 saturated heterocycles. The number of carbonyl (C=O) groups excluding carboxylic acids is 1. The van der Waals surface area contributed by atoms with E-state index in [2.05, 4.69) is 5.32 Å². The zero-order chi connectivity index (χ0) is 12.7. The molecule has 1 amide bonds. The number of amides is 1. The van der Waals surface area contributed by atoms with Gasteiger partial charge in [-0.1, -0.05) is 6.07 Å². The minimum Gasteiger partial charge on any atom is -0.395 e. The van der Waals surface area contributed by atoms with Crippen LogP contribution in [-0.2, 0) is 22.0 Å². The van der Waals surface area contributed by atoms with Crippen LogP contribution in [0.5, 0.6) is 0 Å². The monoisotopic (exact) mass is 275 g/mol. The molecular formula is C11H17NO3S2. The molecule has 0 spiro atoms. The molecule has 1 rings (SSSR count). The lowest BCUT2D eigenvalue weighted by Gasteiger charge is -2.10. The molecule has 0 aliphatic rings. The first-order chi connectivity index (χ1) is 8.15. The van der Waals surface area contributed by atoms with Crippen LogP contribution in [0.15, 0.2) is 17.5 Å². The number of nitrogens with one attached hydrogen (secondary N) is 1. The maximum Gasteiger partial charge on any atom is 0.235 e. The van der Waals surface area contributed by atoms with E-state index in [1.165, 1.54) is 4.88 Å². The van der Waals surface area contributed by atoms with Gasteiger partial charge in [0.15, 0.2) is 0 Å². The number of rotatable bonds is 7. The van der Waals surface area contributed by atoms with Crippen molar-refractivity contribution in [2.24, 2.45) is 0 Å². The number of hydrogen-bond donors (Lipinski definition) is 2. The normalized spacial score (nSPS) is 14.2. The lowest BCUT2D eigenvalue weighted by molar-refractivity contribution is -0.120. The topological polar surface area (TPSA) is 66.4 Å². The van der Waals surface area contributed by atoms with Crippen LogP contribution in [0.4, 0.5) is 0 Å². The molecule has 0 fully saturated rings. The Kier molecular flexibility index (Phi) is 6.39. The zero-order valence-corrected chi connectivity index (χ0v) is 11.4. The molecule has 1 aromatic heterocycles. The predicted octanol–water partition coefficient (Wildman–Crippen LogP) is 0.536. The van der Waals surface area contributed by atoms with Crippen molar-refractivity contribution in [1.29, 1.82) is 0 Å². The number of aliphatic hydroxyl groups is 1. The Morgan fingerprint density at radius 2 is 2.41 bits per heavy atom. The summed E-state index contributed by atoms with van der Waals surface area (Å²) in [7, 11) is -1.29. The van der Waals surface area contributed by atoms with Crippen molar-refractivity contribution in [2.45, 2.75) is 18.6 Å². The highest BCUT2D eigenvalue weighted by atomic mass is 32.2. The summed E-state index contributed by atoms with van der Waals surface area (Å²) < 4.78 is 11.5. The first kappa shape index (κ1) is 14.3. The molecule has 0 aromatic carbocycles. The minimum absolute atomic E-state index is 0.152. The van der Waals surface area contributed by atoms with E-state index in [9.17, 15) is 9.00 Å². The third-order valence-corrected chi connectivity index (χ3v) is 4.83. The average Bonchev–Trinajstić information content (AvgIpc) is 2.81. The Labute approximate surface area is 108 Å². The molecule has 0 radical (unpaired) electrons. The second kappa shape index (κ2) is 7.58. The Morgan fingerprint density at radius 3 is 3.00 bits per heavy atom. The quantitative estimate of drug-likeness (QED) is 0.763. The van der Waals surface area contributed by atoms with E-state index in [0.717, 1.165) is 6.42 Å². The van der Waals surface area contributed by atoms with Gasteiger partial charge < -0.3 is 10.4 Å². The second-order valence-electron chi connectivity index (χ2n) is 3.57. The van der Waals surface area contributed by atoms with Gasteiger partial charge in [-0.15, -0.1) is 11.3 Å². The first-order valence-electron chi connectivity index (χ1n) is 5.43. The van der Waals surface area contributed by atoms with Crippen molar-refractivity contribution in [3.63, 3.8) is 0 Å². The van der Waals surface area contributed by atoms with Crippen LogP contribution in [0.1, 0.15) is 11.8 Å². The van der Waals surface area contributed by atoms with Crippen molar-refractivity contribution in [1.82, 2.24) is 5.32 Å². The molecule has 96 valence electrons. The van der Waals surface area contributed by atoms with Gasteiger partial charge in [0, 0.05) is 28.0 Å². The second-order valence-corrected chi connectivity index (χ2v) is 6.48. The van der Waals surface area contributed by atoms with E-state index in [-0.39, 0.29) is 18.3 Å². The van der Waals surface area contributed by atoms with Gasteiger partial charge in [0.2, 0.25) is 5.91 Å². The molecule has 0 aliphatic heterocycles. The van der Waals surface area contributed by atoms with Gasteiger partial charge in [-0.3, -0.25) is 9.00 Å². The third-order valence-electron chi connectivity index (χ3n) is 2.31. The van der Waals surface area contributed by atoms with Crippen LogP contribution < -0.4 is 5.32 Å². The fraction of sp³-hybridized carbons (Fsp3) is 0.545. The summed E-state index contributed by atoms with van der Waals surface area (Å²) in [6.45, 7) is 2.02. The summed E-state index contributed by atoms with van der Waals surface area (Å²) in [6, 6.07) is 3.99. The summed E-state index contributed by atoms with van der Waals surface area (Å²) in [5.41, 5.74) is 0. The highest BCUT2D eigenvalue weighted by Gasteiger charge is 2.18. The molecule has 0 aliphatic carbocycles. The van der Waals surface area contributed by atoms with E-state index in [1.807, 2.05) is 17.5 Å². The summed E-state index contributed by atoms with van der Waals surface area (Å²) in [4.78, 5) is 12.8. The SMILES string of the molecule is CC(C(=O)NCCc1cccs1)S(=O)CCO. The number of hydrogen-bond acceptors (Lipinski definition) is 4. The number of aliphatic hydroxyl groups excluding tert-OH is 1. The number of thiophene rings is 1. The largest absolute Gasteiger partial charge is 0.395 e. The number of carbonyl (C=O) groups is 1. The first-order valence-corrected chi connectivity index (χ1v) is 7.69. The van der Waals surface area contributed by atoms with E-state index in [1.54, 1.807) is 18.3 Å². The minimum atomic E-state index is -1.29. The molecule has 1 heterocycles. The van der Waals surface area contributed by atoms with Gasteiger partial charge in [0.1, 0.15) is 5.25 Å². The molecule has 6 heteroatoms. The Balaban J connectivity index is 2.27. The average molecular weight is 275 g/mol. The Hall–Kier alpha value is -0.720. The molecule has 2 N–H and O–H groups in total. The Morgan fingerprint density at radius 1 is 1.65 bits per heavy atom. The van der Waals surface area contributed by atoms with E-state index in [4.69, 9.17) is 5.11 Å². The summed E-state index contributed by atoms with van der Waals surface area (Å²) >= 11 is 1.65. The molecular weight excluding hydrogens is 258 g/mol. The van der Waals surface area contributed by atoms with Gasteiger partial charge in [-0.2, -0.15) is 0 Å². The highest BCUT2D eigenvalue weighted by Crippen LogP contribution is 2.08. The van der Waals surface area contributed by atoms with Crippen molar-refractivity contribution >= 4 is 28.0 Å². The molecule has 1 aromatic rings. The maximum absolute atomic E-state index is 11.6. The molecule has 0 saturated carbocycles. The highest BCUT2D eigenvalue weighted by molar-refractivity contribution is 7.86. The van der Waals surface area contributed by atoms with E-state index < -0.39 is 16.0 Å². The van der Waals surface area contributed by atoms with Crippen LogP contribution in [0.3, 0.4) is 0 Å². The summed E-state index contributed by atoms with van der Waals surface area (Å²) in [5, 5.41) is 12.8. The standard InChI is InChI=1S/C11H17NO3S2/c1-9(17(15)8-6-13)11(14)12-5-4-10-3-2-7-16-10/h2-3,7,9,13H,4-6,8H2,1H3,(H,12,14). The lowest BCUT2D eigenvalue weighted by atomic mass is 10.3. The van der Waals surface area contributed by atoms with Gasteiger partial charge in [0.25, 0.3) is 0 Å². The molecule has 17 heavy (non-hydrogen) atoms. The van der Waals surface area contributed by atoms with Gasteiger partial charge >= 0.3 is 0 Å².